The molecule has 104 valence electrons. The van der Waals surface area contributed by atoms with Crippen LogP contribution in [0.25, 0.3) is 0 Å². The Labute approximate surface area is 115 Å². The summed E-state index contributed by atoms with van der Waals surface area (Å²) in [6.45, 7) is 5.33. The van der Waals surface area contributed by atoms with E-state index >= 15 is 0 Å². The van der Waals surface area contributed by atoms with Crippen molar-refractivity contribution in [2.75, 3.05) is 24.6 Å². The third-order valence-electron chi connectivity index (χ3n) is 2.95. The second-order valence-electron chi connectivity index (χ2n) is 4.49. The maximum absolute atomic E-state index is 11.2. The van der Waals surface area contributed by atoms with Crippen LogP contribution in [-0.2, 0) is 4.74 Å². The molecule has 0 saturated carbocycles. The lowest BCUT2D eigenvalue weighted by atomic mass is 10.3. The molecule has 19 heavy (non-hydrogen) atoms. The molecule has 0 spiro atoms. The van der Waals surface area contributed by atoms with Gasteiger partial charge in [0.1, 0.15) is 5.69 Å². The number of aryl methyl sites for hydroxylation is 1. The highest BCUT2D eigenvalue weighted by Gasteiger charge is 2.28. The topological polar surface area (TPSA) is 81.4 Å². The van der Waals surface area contributed by atoms with Crippen LogP contribution in [0.5, 0.6) is 0 Å². The minimum absolute atomic E-state index is 0.00356. The van der Waals surface area contributed by atoms with Gasteiger partial charge >= 0.3 is 5.69 Å². The van der Waals surface area contributed by atoms with Gasteiger partial charge in [-0.1, -0.05) is 0 Å². The van der Waals surface area contributed by atoms with Crippen LogP contribution in [0.4, 0.5) is 11.5 Å². The lowest BCUT2D eigenvalue weighted by Gasteiger charge is -2.23. The number of nitrogens with zero attached hydrogens (tertiary/aromatic N) is 4. The molecule has 1 aromatic rings. The molecular formula is C11H15ClN4O3. The molecule has 1 aliphatic heterocycles. The number of aromatic nitrogens is 2. The molecular weight excluding hydrogens is 272 g/mol. The summed E-state index contributed by atoms with van der Waals surface area (Å²) in [6, 6.07) is 0. The number of ether oxygens (including phenoxy) is 1. The fraction of sp³-hybridized carbons (Fsp3) is 0.636. The van der Waals surface area contributed by atoms with E-state index in [1.54, 1.807) is 6.92 Å². The van der Waals surface area contributed by atoms with Gasteiger partial charge in [0, 0.05) is 19.7 Å². The summed E-state index contributed by atoms with van der Waals surface area (Å²) in [7, 11) is 0. The Balaban J connectivity index is 2.44. The fourth-order valence-electron chi connectivity index (χ4n) is 2.14. The number of nitro groups is 1. The van der Waals surface area contributed by atoms with Crippen LogP contribution < -0.4 is 4.90 Å². The maximum atomic E-state index is 11.2. The average Bonchev–Trinajstić information content (AvgIpc) is 2.52. The highest BCUT2D eigenvalue weighted by Crippen LogP contribution is 2.30. The Morgan fingerprint density at radius 2 is 2.26 bits per heavy atom. The Bertz CT molecular complexity index is 497. The van der Waals surface area contributed by atoms with Crippen LogP contribution in [0, 0.1) is 17.0 Å². The fourth-order valence-corrected chi connectivity index (χ4v) is 2.35. The first-order valence-electron chi connectivity index (χ1n) is 6.04. The van der Waals surface area contributed by atoms with Crippen LogP contribution in [0.15, 0.2) is 0 Å². The minimum atomic E-state index is -0.461. The SMILES string of the molecule is Cc1nc(Cl)nc(N2CCCOC(C)C2)c1[N+](=O)[O-]. The first-order valence-corrected chi connectivity index (χ1v) is 6.42. The van der Waals surface area contributed by atoms with Crippen molar-refractivity contribution in [3.8, 4) is 0 Å². The van der Waals surface area contributed by atoms with Crippen LogP contribution in [0.3, 0.4) is 0 Å². The van der Waals surface area contributed by atoms with Crippen LogP contribution in [0.2, 0.25) is 5.28 Å². The van der Waals surface area contributed by atoms with Crippen molar-refractivity contribution in [1.82, 2.24) is 9.97 Å². The summed E-state index contributed by atoms with van der Waals surface area (Å²) >= 11 is 5.82. The van der Waals surface area contributed by atoms with Gasteiger partial charge in [-0.3, -0.25) is 10.1 Å². The van der Waals surface area contributed by atoms with E-state index in [-0.39, 0.29) is 28.6 Å². The second-order valence-corrected chi connectivity index (χ2v) is 4.83. The van der Waals surface area contributed by atoms with Crippen LogP contribution in [0.1, 0.15) is 19.0 Å². The van der Waals surface area contributed by atoms with E-state index in [0.717, 1.165) is 6.42 Å². The highest BCUT2D eigenvalue weighted by molar-refractivity contribution is 6.28. The molecule has 0 aliphatic carbocycles. The summed E-state index contributed by atoms with van der Waals surface area (Å²) < 4.78 is 5.53. The normalized spacial score (nSPS) is 20.2. The molecule has 1 unspecified atom stereocenters. The second kappa shape index (κ2) is 5.66. The first kappa shape index (κ1) is 14.0. The summed E-state index contributed by atoms with van der Waals surface area (Å²) in [4.78, 5) is 20.5. The molecule has 1 fully saturated rings. The zero-order valence-electron chi connectivity index (χ0n) is 10.8. The van der Waals surface area contributed by atoms with E-state index in [4.69, 9.17) is 16.3 Å². The molecule has 1 aliphatic rings. The van der Waals surface area contributed by atoms with Crippen molar-refractivity contribution in [2.24, 2.45) is 0 Å². The average molecular weight is 287 g/mol. The van der Waals surface area contributed by atoms with Gasteiger partial charge in [-0.2, -0.15) is 4.98 Å². The Morgan fingerprint density at radius 1 is 1.53 bits per heavy atom. The number of hydrogen-bond acceptors (Lipinski definition) is 6. The molecule has 7 nitrogen and oxygen atoms in total. The predicted octanol–water partition coefficient (Wildman–Crippen LogP) is 1.96. The van der Waals surface area contributed by atoms with Gasteiger partial charge in [0.25, 0.3) is 0 Å². The minimum Gasteiger partial charge on any atom is -0.377 e. The highest BCUT2D eigenvalue weighted by atomic mass is 35.5. The van der Waals surface area contributed by atoms with Gasteiger partial charge < -0.3 is 9.64 Å². The molecule has 0 bridgehead atoms. The van der Waals surface area contributed by atoms with Gasteiger partial charge in [0.15, 0.2) is 0 Å². The van der Waals surface area contributed by atoms with E-state index in [0.29, 0.717) is 19.7 Å². The third-order valence-corrected chi connectivity index (χ3v) is 3.12. The lowest BCUT2D eigenvalue weighted by molar-refractivity contribution is -0.385. The molecule has 0 amide bonds. The molecule has 2 heterocycles. The van der Waals surface area contributed by atoms with Gasteiger partial charge in [-0.25, -0.2) is 4.98 Å². The van der Waals surface area contributed by atoms with Gasteiger partial charge in [0.05, 0.1) is 11.0 Å². The molecule has 0 aromatic carbocycles. The maximum Gasteiger partial charge on any atom is 0.332 e. The van der Waals surface area contributed by atoms with E-state index in [9.17, 15) is 10.1 Å². The van der Waals surface area contributed by atoms with E-state index in [1.165, 1.54) is 0 Å². The molecule has 1 saturated heterocycles. The van der Waals surface area contributed by atoms with Gasteiger partial charge in [-0.05, 0) is 31.9 Å². The van der Waals surface area contributed by atoms with Crippen LogP contribution in [-0.4, -0.2) is 40.7 Å². The molecule has 0 radical (unpaired) electrons. The van der Waals surface area contributed by atoms with E-state index < -0.39 is 4.92 Å². The standard InChI is InChI=1S/C11H15ClN4O3/c1-7-6-15(4-3-5-19-7)10-9(16(17)18)8(2)13-11(12)14-10/h7H,3-6H2,1-2H3. The van der Waals surface area contributed by atoms with Crippen molar-refractivity contribution < 1.29 is 9.66 Å². The molecule has 2 rings (SSSR count). The van der Waals surface area contributed by atoms with Crippen molar-refractivity contribution in [3.63, 3.8) is 0 Å². The zero-order chi connectivity index (χ0) is 14.0. The monoisotopic (exact) mass is 286 g/mol. The quantitative estimate of drug-likeness (QED) is 0.470. The number of hydrogen-bond donors (Lipinski definition) is 0. The molecule has 1 atom stereocenters. The van der Waals surface area contributed by atoms with Crippen LogP contribution >= 0.6 is 11.6 Å². The molecule has 8 heteroatoms. The van der Waals surface area contributed by atoms with Crippen molar-refractivity contribution in [3.05, 3.63) is 21.1 Å². The van der Waals surface area contributed by atoms with E-state index in [1.807, 2.05) is 11.8 Å². The number of halogens is 1. The number of anilines is 1. The first-order chi connectivity index (χ1) is 8.99. The third kappa shape index (κ3) is 3.10. The smallest absolute Gasteiger partial charge is 0.332 e. The van der Waals surface area contributed by atoms with Gasteiger partial charge in [-0.15, -0.1) is 0 Å². The summed E-state index contributed by atoms with van der Waals surface area (Å²) in [6.07, 6.45) is 0.790. The van der Waals surface area contributed by atoms with Gasteiger partial charge in [0.2, 0.25) is 11.1 Å². The molecule has 1 aromatic heterocycles. The summed E-state index contributed by atoms with van der Waals surface area (Å²) in [5, 5.41) is 11.2. The Hall–Kier alpha value is -1.47. The number of rotatable bonds is 2. The summed E-state index contributed by atoms with van der Waals surface area (Å²) in [5.41, 5.74) is 0.191. The zero-order valence-corrected chi connectivity index (χ0v) is 11.6. The Kier molecular flexibility index (Phi) is 4.16. The van der Waals surface area contributed by atoms with Crippen molar-refractivity contribution >= 4 is 23.1 Å². The lowest BCUT2D eigenvalue weighted by Crippen LogP contribution is -2.31. The molecule has 0 N–H and O–H groups in total. The van der Waals surface area contributed by atoms with E-state index in [2.05, 4.69) is 9.97 Å². The Morgan fingerprint density at radius 3 is 2.95 bits per heavy atom. The predicted molar refractivity (Wildman–Crippen MR) is 70.7 cm³/mol. The van der Waals surface area contributed by atoms with Crippen molar-refractivity contribution in [2.45, 2.75) is 26.4 Å². The summed E-state index contributed by atoms with van der Waals surface area (Å²) in [5.74, 6) is 0.278. The van der Waals surface area contributed by atoms with Crippen molar-refractivity contribution in [1.29, 1.82) is 0 Å². The largest absolute Gasteiger partial charge is 0.377 e.